The van der Waals surface area contributed by atoms with Gasteiger partial charge in [0.05, 0.1) is 29.3 Å². The van der Waals surface area contributed by atoms with Crippen molar-refractivity contribution in [2.75, 3.05) is 28.6 Å². The van der Waals surface area contributed by atoms with Crippen molar-refractivity contribution in [2.45, 2.75) is 40.7 Å². The summed E-state index contributed by atoms with van der Waals surface area (Å²) >= 11 is 1.28. The monoisotopic (exact) mass is 524 g/mol. The summed E-state index contributed by atoms with van der Waals surface area (Å²) < 4.78 is 19.0. The van der Waals surface area contributed by atoms with Crippen molar-refractivity contribution < 1.29 is 13.6 Å². The number of hydrogen-bond donors (Lipinski definition) is 1. The third-order valence-electron chi connectivity index (χ3n) is 5.51. The van der Waals surface area contributed by atoms with Gasteiger partial charge in [-0.25, -0.2) is 9.82 Å². The standard InChI is InChI=1S/C27H31FN4O2S.C2H6/c1-5-31(6-2)24-13-9-22(10-14-24)18-29-30-27(33)19-35-21(4)32(20(3)26-8-7-17-34-26)25-15-11-23(28)12-16-25;1-2/h7-18,20H,4-6,19H2,1-3H3,(H,30,33);1-2H3/b29-18+;. The number of carbonyl (C=O) groups excluding carboxylic acids is 1. The molecule has 8 heteroatoms. The Morgan fingerprint density at radius 1 is 1.08 bits per heavy atom. The van der Waals surface area contributed by atoms with Crippen molar-refractivity contribution in [3.63, 3.8) is 0 Å². The van der Waals surface area contributed by atoms with Gasteiger partial charge < -0.3 is 14.2 Å². The SMILES string of the molecule is C=C(SCC(=O)N/N=C/c1ccc(N(CC)CC)cc1)N(c1ccc(F)cc1)C(C)c1ccco1.CC. The van der Waals surface area contributed by atoms with Crippen molar-refractivity contribution in [3.05, 3.63) is 95.7 Å². The second-order valence-corrected chi connectivity index (χ2v) is 8.83. The third-order valence-corrected chi connectivity index (χ3v) is 6.45. The van der Waals surface area contributed by atoms with E-state index in [1.165, 1.54) is 23.9 Å². The quantitative estimate of drug-likeness (QED) is 0.200. The maximum Gasteiger partial charge on any atom is 0.250 e. The van der Waals surface area contributed by atoms with Crippen molar-refractivity contribution in [2.24, 2.45) is 5.10 Å². The largest absolute Gasteiger partial charge is 0.467 e. The Morgan fingerprint density at radius 2 is 1.70 bits per heavy atom. The molecule has 0 radical (unpaired) electrons. The molecule has 2 aromatic carbocycles. The van der Waals surface area contributed by atoms with Crippen LogP contribution in [0.3, 0.4) is 0 Å². The maximum atomic E-state index is 13.5. The molecule has 3 rings (SSSR count). The summed E-state index contributed by atoms with van der Waals surface area (Å²) in [5.74, 6) is 0.283. The van der Waals surface area contributed by atoms with Crippen LogP contribution >= 0.6 is 11.8 Å². The number of halogens is 1. The first-order valence-electron chi connectivity index (χ1n) is 12.5. The summed E-state index contributed by atoms with van der Waals surface area (Å²) in [4.78, 5) is 16.6. The van der Waals surface area contributed by atoms with Gasteiger partial charge in [-0.2, -0.15) is 5.10 Å². The van der Waals surface area contributed by atoms with Gasteiger partial charge in [0.1, 0.15) is 11.6 Å². The zero-order valence-electron chi connectivity index (χ0n) is 22.3. The second-order valence-electron chi connectivity index (χ2n) is 7.78. The summed E-state index contributed by atoms with van der Waals surface area (Å²) in [6, 6.07) is 17.6. The van der Waals surface area contributed by atoms with Crippen LogP contribution in [0.2, 0.25) is 0 Å². The van der Waals surface area contributed by atoms with E-state index in [0.29, 0.717) is 5.03 Å². The van der Waals surface area contributed by atoms with Crippen molar-refractivity contribution in [1.29, 1.82) is 0 Å². The molecule has 37 heavy (non-hydrogen) atoms. The molecule has 0 aliphatic carbocycles. The Kier molecular flexibility index (Phi) is 12.5. The van der Waals surface area contributed by atoms with E-state index in [2.05, 4.69) is 35.9 Å². The van der Waals surface area contributed by atoms with Gasteiger partial charge in [0.15, 0.2) is 0 Å². The minimum absolute atomic E-state index is 0.125. The molecule has 0 aliphatic heterocycles. The fraction of sp³-hybridized carbons (Fsp3) is 0.310. The number of hydrogen-bond acceptors (Lipinski definition) is 6. The summed E-state index contributed by atoms with van der Waals surface area (Å²) in [5, 5.41) is 4.70. The molecular formula is C29H37FN4O2S. The molecule has 1 aromatic heterocycles. The van der Waals surface area contributed by atoms with Crippen LogP contribution in [-0.4, -0.2) is 31.0 Å². The predicted octanol–water partition coefficient (Wildman–Crippen LogP) is 7.21. The smallest absolute Gasteiger partial charge is 0.250 e. The second kappa shape index (κ2) is 15.6. The Morgan fingerprint density at radius 3 is 2.27 bits per heavy atom. The van der Waals surface area contributed by atoms with E-state index in [1.807, 2.05) is 62.1 Å². The molecule has 1 unspecified atom stereocenters. The zero-order chi connectivity index (χ0) is 27.2. The molecule has 3 aromatic rings. The van der Waals surface area contributed by atoms with Gasteiger partial charge in [-0.1, -0.05) is 44.3 Å². The molecular weight excluding hydrogens is 487 g/mol. The Labute approximate surface area is 224 Å². The molecule has 0 fully saturated rings. The Hall–Kier alpha value is -3.52. The number of hydrazone groups is 1. The average Bonchev–Trinajstić information content (AvgIpc) is 3.47. The minimum Gasteiger partial charge on any atom is -0.467 e. The van der Waals surface area contributed by atoms with Gasteiger partial charge in [-0.15, -0.1) is 0 Å². The van der Waals surface area contributed by atoms with Crippen LogP contribution in [0, 0.1) is 5.82 Å². The maximum absolute atomic E-state index is 13.5. The third kappa shape index (κ3) is 8.82. The number of nitrogens with zero attached hydrogens (tertiary/aromatic N) is 3. The van der Waals surface area contributed by atoms with Crippen LogP contribution in [-0.2, 0) is 4.79 Å². The highest BCUT2D eigenvalue weighted by molar-refractivity contribution is 8.03. The van der Waals surface area contributed by atoms with Crippen LogP contribution in [0.1, 0.15) is 52.0 Å². The van der Waals surface area contributed by atoms with Gasteiger partial charge in [0.25, 0.3) is 0 Å². The lowest BCUT2D eigenvalue weighted by molar-refractivity contribution is -0.118. The number of benzene rings is 2. The molecule has 0 saturated carbocycles. The van der Waals surface area contributed by atoms with Crippen LogP contribution in [0.15, 0.2) is 88.1 Å². The molecule has 1 amide bonds. The summed E-state index contributed by atoms with van der Waals surface area (Å²) in [5.41, 5.74) is 5.36. The minimum atomic E-state index is -0.322. The molecule has 0 spiro atoms. The lowest BCUT2D eigenvalue weighted by Gasteiger charge is -2.31. The molecule has 0 saturated heterocycles. The first-order chi connectivity index (χ1) is 17.9. The first-order valence-corrected chi connectivity index (χ1v) is 13.5. The number of anilines is 2. The Bertz CT molecular complexity index is 1110. The number of rotatable bonds is 12. The lowest BCUT2D eigenvalue weighted by Crippen LogP contribution is -2.26. The van der Waals surface area contributed by atoms with Crippen LogP contribution in [0.25, 0.3) is 0 Å². The molecule has 198 valence electrons. The number of carbonyl (C=O) groups is 1. The topological polar surface area (TPSA) is 61.1 Å². The van der Waals surface area contributed by atoms with E-state index in [-0.39, 0.29) is 23.5 Å². The molecule has 1 N–H and O–H groups in total. The highest BCUT2D eigenvalue weighted by Crippen LogP contribution is 2.34. The van der Waals surface area contributed by atoms with Crippen LogP contribution in [0.5, 0.6) is 0 Å². The Balaban J connectivity index is 0.00000235. The van der Waals surface area contributed by atoms with Gasteiger partial charge >= 0.3 is 0 Å². The van der Waals surface area contributed by atoms with Gasteiger partial charge in [0, 0.05) is 24.5 Å². The normalized spacial score (nSPS) is 11.4. The lowest BCUT2D eigenvalue weighted by atomic mass is 10.2. The van der Waals surface area contributed by atoms with E-state index in [9.17, 15) is 9.18 Å². The average molecular weight is 525 g/mol. The van der Waals surface area contributed by atoms with E-state index < -0.39 is 0 Å². The fourth-order valence-corrected chi connectivity index (χ4v) is 4.40. The van der Waals surface area contributed by atoms with Crippen molar-refractivity contribution >= 4 is 35.3 Å². The van der Waals surface area contributed by atoms with Gasteiger partial charge in [-0.3, -0.25) is 4.79 Å². The molecule has 0 bridgehead atoms. The predicted molar refractivity (Wildman–Crippen MR) is 155 cm³/mol. The number of nitrogens with one attached hydrogen (secondary N) is 1. The van der Waals surface area contributed by atoms with Crippen LogP contribution in [0.4, 0.5) is 15.8 Å². The molecule has 0 aliphatic rings. The first kappa shape index (κ1) is 29.7. The fourth-order valence-electron chi connectivity index (χ4n) is 3.63. The molecule has 1 heterocycles. The van der Waals surface area contributed by atoms with Crippen molar-refractivity contribution in [3.8, 4) is 0 Å². The van der Waals surface area contributed by atoms with E-state index >= 15 is 0 Å². The van der Waals surface area contributed by atoms with E-state index in [4.69, 9.17) is 4.42 Å². The molecule has 1 atom stereocenters. The zero-order valence-corrected chi connectivity index (χ0v) is 23.1. The van der Waals surface area contributed by atoms with Crippen molar-refractivity contribution in [1.82, 2.24) is 5.43 Å². The summed E-state index contributed by atoms with van der Waals surface area (Å²) in [7, 11) is 0. The van der Waals surface area contributed by atoms with Gasteiger partial charge in [0.2, 0.25) is 5.91 Å². The highest BCUT2D eigenvalue weighted by Gasteiger charge is 2.22. The number of amides is 1. The van der Waals surface area contributed by atoms with Crippen LogP contribution < -0.4 is 15.2 Å². The number of furan rings is 1. The summed E-state index contributed by atoms with van der Waals surface area (Å²) in [6.45, 7) is 16.3. The number of thioether (sulfide) groups is 1. The summed E-state index contributed by atoms with van der Waals surface area (Å²) in [6.07, 6.45) is 3.22. The molecule has 6 nitrogen and oxygen atoms in total. The van der Waals surface area contributed by atoms with E-state index in [0.717, 1.165) is 35.8 Å². The van der Waals surface area contributed by atoms with Gasteiger partial charge in [-0.05, 0) is 74.9 Å². The highest BCUT2D eigenvalue weighted by atomic mass is 32.2. The van der Waals surface area contributed by atoms with E-state index in [1.54, 1.807) is 24.6 Å².